The van der Waals surface area contributed by atoms with Crippen LogP contribution in [0, 0.1) is 5.92 Å². The number of nitrogens with zero attached hydrogens (tertiary/aromatic N) is 2. The molecular weight excluding hydrogens is 423 g/mol. The van der Waals surface area contributed by atoms with Crippen LogP contribution in [0.5, 0.6) is 0 Å². The highest BCUT2D eigenvalue weighted by molar-refractivity contribution is 6.47. The van der Waals surface area contributed by atoms with E-state index in [1.165, 1.54) is 13.8 Å². The maximum Gasteiger partial charge on any atom is 0.331 e. The summed E-state index contributed by atoms with van der Waals surface area (Å²) in [6.45, 7) is 10.5. The largest absolute Gasteiger partial charge is 0.465 e. The van der Waals surface area contributed by atoms with Crippen LogP contribution in [0.3, 0.4) is 0 Å². The van der Waals surface area contributed by atoms with Crippen molar-refractivity contribution in [1.29, 1.82) is 0 Å². The van der Waals surface area contributed by atoms with Crippen LogP contribution in [0.15, 0.2) is 36.9 Å². The van der Waals surface area contributed by atoms with Crippen molar-refractivity contribution in [3.8, 4) is 11.1 Å². The number of hydrogen-bond donors (Lipinski definition) is 1. The van der Waals surface area contributed by atoms with Crippen LogP contribution >= 0.6 is 0 Å². The molecule has 1 aromatic carbocycles. The number of rotatable bonds is 11. The van der Waals surface area contributed by atoms with Crippen molar-refractivity contribution in [2.75, 3.05) is 13.2 Å². The fourth-order valence-corrected chi connectivity index (χ4v) is 2.85. The molecular formula is C24H32BN2O6. The van der Waals surface area contributed by atoms with E-state index >= 15 is 0 Å². The zero-order chi connectivity index (χ0) is 24.6. The quantitative estimate of drug-likeness (QED) is 0.312. The molecule has 0 unspecified atom stereocenters. The maximum absolute atomic E-state index is 12.6. The number of aliphatic hydroxyl groups is 1. The molecule has 1 heterocycles. The Kier molecular flexibility index (Phi) is 9.13. The van der Waals surface area contributed by atoms with Crippen molar-refractivity contribution in [2.24, 2.45) is 5.92 Å². The molecule has 1 N–H and O–H groups in total. The smallest absolute Gasteiger partial charge is 0.331 e. The summed E-state index contributed by atoms with van der Waals surface area (Å²) < 4.78 is 16.2. The first-order valence-electron chi connectivity index (χ1n) is 10.9. The second kappa shape index (κ2) is 11.4. The Balaban J connectivity index is 2.45. The zero-order valence-corrected chi connectivity index (χ0v) is 20.1. The summed E-state index contributed by atoms with van der Waals surface area (Å²) in [6, 6.07) is 5.56. The Morgan fingerprint density at radius 2 is 1.58 bits per heavy atom. The van der Waals surface area contributed by atoms with Crippen LogP contribution in [0.1, 0.15) is 47.1 Å². The molecule has 0 saturated heterocycles. The molecule has 1 radical (unpaired) electrons. The van der Waals surface area contributed by atoms with Crippen LogP contribution in [0.25, 0.3) is 11.1 Å². The first-order chi connectivity index (χ1) is 15.5. The van der Waals surface area contributed by atoms with E-state index in [1.54, 1.807) is 53.9 Å². The van der Waals surface area contributed by atoms with Gasteiger partial charge in [0, 0.05) is 18.0 Å². The number of benzene rings is 1. The lowest BCUT2D eigenvalue weighted by molar-refractivity contribution is -0.161. The van der Waals surface area contributed by atoms with Gasteiger partial charge in [-0.2, -0.15) is 0 Å². The lowest BCUT2D eigenvalue weighted by atomic mass is 9.77. The number of carbonyl (C=O) groups is 2. The van der Waals surface area contributed by atoms with Crippen LogP contribution in [0.2, 0.25) is 0 Å². The summed E-state index contributed by atoms with van der Waals surface area (Å²) in [5.41, 5.74) is 0.935. The maximum atomic E-state index is 12.6. The summed E-state index contributed by atoms with van der Waals surface area (Å²) in [6.07, 6.45) is 4.85. The van der Waals surface area contributed by atoms with Gasteiger partial charge in [0.15, 0.2) is 5.92 Å². The minimum absolute atomic E-state index is 0.0529. The van der Waals surface area contributed by atoms with Crippen LogP contribution < -0.4 is 5.46 Å². The van der Waals surface area contributed by atoms with Gasteiger partial charge < -0.3 is 19.2 Å². The summed E-state index contributed by atoms with van der Waals surface area (Å²) in [5, 5.41) is 10.4. The molecule has 0 aliphatic heterocycles. The van der Waals surface area contributed by atoms with Gasteiger partial charge in [-0.15, -0.1) is 0 Å². The van der Waals surface area contributed by atoms with E-state index in [0.29, 0.717) is 11.0 Å². The molecule has 0 aliphatic carbocycles. The van der Waals surface area contributed by atoms with Crippen LogP contribution in [-0.2, 0) is 30.1 Å². The molecule has 8 nitrogen and oxygen atoms in total. The molecule has 0 bridgehead atoms. The van der Waals surface area contributed by atoms with Gasteiger partial charge >= 0.3 is 19.4 Å². The third-order valence-corrected chi connectivity index (χ3v) is 5.56. The number of aromatic nitrogens is 2. The van der Waals surface area contributed by atoms with E-state index in [2.05, 4.69) is 9.97 Å². The average Bonchev–Trinajstić information content (AvgIpc) is 2.76. The first-order valence-corrected chi connectivity index (χ1v) is 10.9. The Bertz CT molecular complexity index is 926. The van der Waals surface area contributed by atoms with Crippen molar-refractivity contribution in [3.05, 3.63) is 42.5 Å². The van der Waals surface area contributed by atoms with Crippen LogP contribution in [-0.4, -0.2) is 58.9 Å². The molecule has 0 fully saturated rings. The van der Waals surface area contributed by atoms with E-state index in [4.69, 9.17) is 14.1 Å². The molecule has 177 valence electrons. The lowest BCUT2D eigenvalue weighted by Gasteiger charge is -2.37. The SMILES string of the molecule is CCOC(=O)C(Cc1cc(-c2cncnc2)ccc1[B]OC(C)(C)C(C)(C)O)C(=O)OCC. The highest BCUT2D eigenvalue weighted by atomic mass is 16.6. The van der Waals surface area contributed by atoms with Gasteiger partial charge in [-0.25, -0.2) is 9.97 Å². The second-order valence-corrected chi connectivity index (χ2v) is 8.61. The van der Waals surface area contributed by atoms with Crippen LogP contribution in [0.4, 0.5) is 0 Å². The minimum Gasteiger partial charge on any atom is -0.465 e. The lowest BCUT2D eigenvalue weighted by Crippen LogP contribution is -2.49. The number of carbonyl (C=O) groups excluding carboxylic acids is 2. The molecule has 33 heavy (non-hydrogen) atoms. The third-order valence-electron chi connectivity index (χ3n) is 5.56. The van der Waals surface area contributed by atoms with Gasteiger partial charge in [-0.05, 0) is 59.1 Å². The number of hydrogen-bond acceptors (Lipinski definition) is 8. The van der Waals surface area contributed by atoms with Crippen molar-refractivity contribution in [3.63, 3.8) is 0 Å². The highest BCUT2D eigenvalue weighted by Crippen LogP contribution is 2.25. The normalized spacial score (nSPS) is 11.9. The molecule has 0 spiro atoms. The molecule has 1 aromatic heterocycles. The number of esters is 2. The molecule has 2 rings (SSSR count). The Labute approximate surface area is 196 Å². The standard InChI is InChI=1S/C24H32BN2O6/c1-7-31-21(28)19(22(29)32-8-2)12-17-11-16(18-13-26-15-27-14-18)9-10-20(17)25-33-24(5,6)23(3,4)30/h9-11,13-15,19,30H,7-8,12H2,1-6H3. The zero-order valence-electron chi connectivity index (χ0n) is 20.1. The van der Waals surface area contributed by atoms with Crippen molar-refractivity contribution >= 4 is 24.9 Å². The van der Waals surface area contributed by atoms with Gasteiger partial charge in [0.25, 0.3) is 0 Å². The Morgan fingerprint density at radius 1 is 1.00 bits per heavy atom. The predicted molar refractivity (Wildman–Crippen MR) is 125 cm³/mol. The van der Waals surface area contributed by atoms with Crippen molar-refractivity contribution in [1.82, 2.24) is 9.97 Å². The Hall–Kier alpha value is -2.78. The summed E-state index contributed by atoms with van der Waals surface area (Å²) in [4.78, 5) is 33.2. The van der Waals surface area contributed by atoms with E-state index in [0.717, 1.165) is 11.1 Å². The molecule has 9 heteroatoms. The minimum atomic E-state index is -1.12. The van der Waals surface area contributed by atoms with Gasteiger partial charge in [-0.1, -0.05) is 23.7 Å². The first kappa shape index (κ1) is 26.5. The summed E-state index contributed by atoms with van der Waals surface area (Å²) in [7, 11) is 1.53. The average molecular weight is 455 g/mol. The van der Waals surface area contributed by atoms with Gasteiger partial charge in [0.2, 0.25) is 0 Å². The van der Waals surface area contributed by atoms with E-state index in [9.17, 15) is 14.7 Å². The van der Waals surface area contributed by atoms with Crippen molar-refractivity contribution < 1.29 is 28.8 Å². The third kappa shape index (κ3) is 7.10. The molecule has 0 aliphatic rings. The van der Waals surface area contributed by atoms with E-state index in [1.807, 2.05) is 18.2 Å². The topological polar surface area (TPSA) is 108 Å². The monoisotopic (exact) mass is 455 g/mol. The highest BCUT2D eigenvalue weighted by Gasteiger charge is 2.36. The van der Waals surface area contributed by atoms with Gasteiger partial charge in [-0.3, -0.25) is 9.59 Å². The Morgan fingerprint density at radius 3 is 2.09 bits per heavy atom. The van der Waals surface area contributed by atoms with Gasteiger partial charge in [0.05, 0.1) is 24.4 Å². The number of ether oxygens (including phenoxy) is 2. The fourth-order valence-electron chi connectivity index (χ4n) is 2.85. The van der Waals surface area contributed by atoms with E-state index < -0.39 is 29.1 Å². The van der Waals surface area contributed by atoms with Crippen molar-refractivity contribution in [2.45, 2.75) is 59.2 Å². The van der Waals surface area contributed by atoms with E-state index in [-0.39, 0.29) is 19.6 Å². The molecule has 0 atom stereocenters. The molecule has 2 aromatic rings. The predicted octanol–water partition coefficient (Wildman–Crippen LogP) is 2.24. The summed E-state index contributed by atoms with van der Waals surface area (Å²) >= 11 is 0. The molecule has 0 amide bonds. The summed E-state index contributed by atoms with van der Waals surface area (Å²) in [5.74, 6) is -2.41. The van der Waals surface area contributed by atoms with Gasteiger partial charge in [0.1, 0.15) is 6.33 Å². The molecule has 0 saturated carbocycles. The second-order valence-electron chi connectivity index (χ2n) is 8.61. The fraction of sp³-hybridized carbons (Fsp3) is 0.500.